The van der Waals surface area contributed by atoms with Crippen LogP contribution in [0.5, 0.6) is 0 Å². The first-order chi connectivity index (χ1) is 13.5. The number of anilines is 1. The van der Waals surface area contributed by atoms with E-state index in [1.165, 1.54) is 4.31 Å². The van der Waals surface area contributed by atoms with Crippen molar-refractivity contribution in [2.24, 2.45) is 0 Å². The van der Waals surface area contributed by atoms with Crippen LogP contribution in [0.15, 0.2) is 66.2 Å². The summed E-state index contributed by atoms with van der Waals surface area (Å²) < 4.78 is 30.8. The Morgan fingerprint density at radius 3 is 2.36 bits per heavy atom. The Balaban J connectivity index is 2.42. The number of allylic oxidation sites excluding steroid dienone is 1. The molecule has 0 bridgehead atoms. The number of hydrogen-bond donors (Lipinski definition) is 0. The van der Waals surface area contributed by atoms with E-state index in [0.717, 1.165) is 11.1 Å². The lowest BCUT2D eigenvalue weighted by Gasteiger charge is -2.35. The minimum atomic E-state index is -2.56. The van der Waals surface area contributed by atoms with Crippen LogP contribution < -0.4 is 4.31 Å². The lowest BCUT2D eigenvalue weighted by atomic mass is 9.98. The highest BCUT2D eigenvalue weighted by Gasteiger charge is 2.28. The van der Waals surface area contributed by atoms with Crippen molar-refractivity contribution in [2.45, 2.75) is 39.7 Å². The Hall–Kier alpha value is -2.44. The van der Waals surface area contributed by atoms with Gasteiger partial charge in [-0.05, 0) is 51.3 Å². The Morgan fingerprint density at radius 2 is 1.82 bits per heavy atom. The van der Waals surface area contributed by atoms with Crippen molar-refractivity contribution in [3.05, 3.63) is 77.4 Å². The van der Waals surface area contributed by atoms with Crippen LogP contribution in [0.1, 0.15) is 31.4 Å². The number of carbonyl (C=O) groups is 1. The minimum Gasteiger partial charge on any atom is -0.755 e. The molecular weight excluding hydrogens is 374 g/mol. The smallest absolute Gasteiger partial charge is 0.335 e. The molecule has 0 aliphatic carbocycles. The third-order valence-electron chi connectivity index (χ3n) is 4.46. The second-order valence-electron chi connectivity index (χ2n) is 6.38. The molecule has 0 N–H and O–H groups in total. The molecule has 2 aromatic rings. The molecule has 6 heteroatoms. The molecule has 0 saturated heterocycles. The van der Waals surface area contributed by atoms with Crippen molar-refractivity contribution in [1.82, 2.24) is 0 Å². The largest absolute Gasteiger partial charge is 0.755 e. The van der Waals surface area contributed by atoms with Gasteiger partial charge < -0.3 is 9.29 Å². The van der Waals surface area contributed by atoms with Crippen molar-refractivity contribution in [3.8, 4) is 0 Å². The molecule has 0 heterocycles. The van der Waals surface area contributed by atoms with Crippen LogP contribution in [0.3, 0.4) is 0 Å². The number of nitrogens with zero attached hydrogens (tertiary/aromatic N) is 1. The SMILES string of the molecule is CC=C(C(=O)OCC)C(CCc1ccccc1)N(c1ccc(C)cc1)S(=O)[O-]. The van der Waals surface area contributed by atoms with Gasteiger partial charge in [0.25, 0.3) is 0 Å². The van der Waals surface area contributed by atoms with Gasteiger partial charge in [0.2, 0.25) is 0 Å². The van der Waals surface area contributed by atoms with Gasteiger partial charge in [0.15, 0.2) is 0 Å². The van der Waals surface area contributed by atoms with Gasteiger partial charge in [-0.15, -0.1) is 0 Å². The van der Waals surface area contributed by atoms with Gasteiger partial charge in [0, 0.05) is 17.0 Å². The van der Waals surface area contributed by atoms with E-state index in [1.807, 2.05) is 49.4 Å². The van der Waals surface area contributed by atoms with Gasteiger partial charge in [0.1, 0.15) is 0 Å². The fourth-order valence-corrected chi connectivity index (χ4v) is 3.79. The molecule has 2 rings (SSSR count). The second kappa shape index (κ2) is 10.8. The average molecular weight is 401 g/mol. The van der Waals surface area contributed by atoms with Crippen molar-refractivity contribution in [2.75, 3.05) is 10.9 Å². The number of hydrogen-bond acceptors (Lipinski definition) is 4. The van der Waals surface area contributed by atoms with E-state index < -0.39 is 23.3 Å². The molecular formula is C22H26NO4S-. The highest BCUT2D eigenvalue weighted by Crippen LogP contribution is 2.27. The summed E-state index contributed by atoms with van der Waals surface area (Å²) in [5, 5.41) is 0. The maximum Gasteiger partial charge on any atom is 0.335 e. The monoisotopic (exact) mass is 400 g/mol. The first-order valence-corrected chi connectivity index (χ1v) is 10.3. The van der Waals surface area contributed by atoms with Crippen molar-refractivity contribution >= 4 is 22.9 Å². The highest BCUT2D eigenvalue weighted by atomic mass is 32.2. The molecule has 0 amide bonds. The Bertz CT molecular complexity index is 818. The first kappa shape index (κ1) is 21.9. The average Bonchev–Trinajstić information content (AvgIpc) is 2.68. The van der Waals surface area contributed by atoms with Crippen molar-refractivity contribution < 1.29 is 18.3 Å². The fourth-order valence-electron chi connectivity index (χ4n) is 3.07. The van der Waals surface area contributed by atoms with Gasteiger partial charge in [-0.3, -0.25) is 8.51 Å². The van der Waals surface area contributed by atoms with Gasteiger partial charge in [-0.1, -0.05) is 54.1 Å². The number of ether oxygens (including phenoxy) is 1. The summed E-state index contributed by atoms with van der Waals surface area (Å²) in [6, 6.07) is 16.3. The molecule has 150 valence electrons. The lowest BCUT2D eigenvalue weighted by Crippen LogP contribution is -2.41. The molecule has 0 radical (unpaired) electrons. The zero-order valence-corrected chi connectivity index (χ0v) is 17.3. The Labute approximate surface area is 169 Å². The second-order valence-corrected chi connectivity index (χ2v) is 7.21. The van der Waals surface area contributed by atoms with Gasteiger partial charge in [0.05, 0.1) is 18.2 Å². The van der Waals surface area contributed by atoms with E-state index in [-0.39, 0.29) is 6.61 Å². The lowest BCUT2D eigenvalue weighted by molar-refractivity contribution is -0.138. The van der Waals surface area contributed by atoms with Crippen LogP contribution in [0, 0.1) is 6.92 Å². The summed E-state index contributed by atoms with van der Waals surface area (Å²) in [5.41, 5.74) is 2.95. The van der Waals surface area contributed by atoms with Crippen LogP contribution in [-0.4, -0.2) is 27.4 Å². The summed E-state index contributed by atoms with van der Waals surface area (Å²) in [4.78, 5) is 12.5. The number of benzene rings is 2. The Morgan fingerprint density at radius 1 is 1.18 bits per heavy atom. The zero-order chi connectivity index (χ0) is 20.5. The van der Waals surface area contributed by atoms with Gasteiger partial charge >= 0.3 is 5.97 Å². The van der Waals surface area contributed by atoms with Gasteiger partial charge in [-0.25, -0.2) is 4.79 Å². The summed E-state index contributed by atoms with van der Waals surface area (Å²) in [6.07, 6.45) is 2.72. The molecule has 0 aliphatic heterocycles. The van der Waals surface area contributed by atoms with Crippen LogP contribution >= 0.6 is 0 Å². The van der Waals surface area contributed by atoms with E-state index in [4.69, 9.17) is 4.74 Å². The highest BCUT2D eigenvalue weighted by molar-refractivity contribution is 7.80. The number of rotatable bonds is 9. The van der Waals surface area contributed by atoms with E-state index in [2.05, 4.69) is 0 Å². The van der Waals surface area contributed by atoms with Crippen LogP contribution in [0.25, 0.3) is 0 Å². The number of carbonyl (C=O) groups excluding carboxylic acids is 1. The quantitative estimate of drug-likeness (QED) is 0.361. The van der Waals surface area contributed by atoms with Crippen molar-refractivity contribution in [1.29, 1.82) is 0 Å². The molecule has 2 unspecified atom stereocenters. The van der Waals surface area contributed by atoms with E-state index in [1.54, 1.807) is 32.1 Å². The minimum absolute atomic E-state index is 0.229. The standard InChI is InChI=1S/C22H27NO4S/c1-4-20(22(24)27-5-2)21(16-13-18-9-7-6-8-10-18)23(28(25)26)19-14-11-17(3)12-15-19/h4,6-12,14-15,21H,5,13,16H2,1-3H3,(H,25,26)/p-1. The first-order valence-electron chi connectivity index (χ1n) is 9.30. The summed E-state index contributed by atoms with van der Waals surface area (Å²) in [7, 11) is 0. The summed E-state index contributed by atoms with van der Waals surface area (Å²) >= 11 is -2.56. The predicted molar refractivity (Wildman–Crippen MR) is 112 cm³/mol. The maximum absolute atomic E-state index is 12.5. The summed E-state index contributed by atoms with van der Waals surface area (Å²) in [5.74, 6) is -0.495. The molecule has 28 heavy (non-hydrogen) atoms. The molecule has 2 atom stereocenters. The molecule has 5 nitrogen and oxygen atoms in total. The number of aryl methyl sites for hydroxylation is 2. The molecule has 2 aromatic carbocycles. The van der Waals surface area contributed by atoms with E-state index in [9.17, 15) is 13.6 Å². The third-order valence-corrected chi connectivity index (χ3v) is 5.25. The normalized spacial score (nSPS) is 13.6. The molecule has 0 fully saturated rings. The zero-order valence-electron chi connectivity index (χ0n) is 16.5. The van der Waals surface area contributed by atoms with E-state index >= 15 is 0 Å². The summed E-state index contributed by atoms with van der Waals surface area (Å²) in [6.45, 7) is 5.62. The van der Waals surface area contributed by atoms with Crippen molar-refractivity contribution in [3.63, 3.8) is 0 Å². The van der Waals surface area contributed by atoms with Crippen LogP contribution in [0.4, 0.5) is 5.69 Å². The Kier molecular flexibility index (Phi) is 8.42. The number of esters is 1. The topological polar surface area (TPSA) is 69.7 Å². The van der Waals surface area contributed by atoms with E-state index in [0.29, 0.717) is 24.1 Å². The third kappa shape index (κ3) is 5.78. The van der Waals surface area contributed by atoms with Gasteiger partial charge in [-0.2, -0.15) is 0 Å². The molecule has 0 saturated carbocycles. The van der Waals surface area contributed by atoms with Crippen LogP contribution in [-0.2, 0) is 27.2 Å². The fraction of sp³-hybridized carbons (Fsp3) is 0.318. The van der Waals surface area contributed by atoms with Crippen LogP contribution in [0.2, 0.25) is 0 Å². The molecule has 0 aliphatic rings. The molecule has 0 aromatic heterocycles. The molecule has 0 spiro atoms. The maximum atomic E-state index is 12.5. The predicted octanol–water partition coefficient (Wildman–Crippen LogP) is 4.11.